The number of hydrogen-bond donors (Lipinski definition) is 0. The number of aromatic nitrogens is 3. The van der Waals surface area contributed by atoms with Gasteiger partial charge in [-0.2, -0.15) is 0 Å². The zero-order valence-electron chi connectivity index (χ0n) is 16.4. The Labute approximate surface area is 180 Å². The maximum Gasteiger partial charge on any atom is 0.253 e. The molecule has 0 radical (unpaired) electrons. The molecule has 1 fully saturated rings. The molecule has 2 aromatic carbocycles. The number of carbonyl (C=O) groups excluding carboxylic acids is 1. The first-order valence-electron chi connectivity index (χ1n) is 9.59. The molecule has 0 N–H and O–H groups in total. The van der Waals surface area contributed by atoms with Gasteiger partial charge >= 0.3 is 0 Å². The third-order valence-corrected chi connectivity index (χ3v) is 7.84. The summed E-state index contributed by atoms with van der Waals surface area (Å²) in [7, 11) is -1.95. The molecule has 1 saturated heterocycles. The van der Waals surface area contributed by atoms with Crippen LogP contribution in [-0.4, -0.2) is 52.3 Å². The number of aryl methyl sites for hydroxylation is 1. The summed E-state index contributed by atoms with van der Waals surface area (Å²) in [5, 5.41) is 7.47. The summed E-state index contributed by atoms with van der Waals surface area (Å²) < 4.78 is 27.0. The quantitative estimate of drug-likeness (QED) is 0.616. The van der Waals surface area contributed by atoms with Gasteiger partial charge in [0.2, 0.25) is 15.0 Å². The SMILES string of the molecule is Cn1cnnc1S(=O)(=O)C1CCN(C(=O)c2ccc(-c3cccc(Cl)c3)cc2)CC1. The van der Waals surface area contributed by atoms with Gasteiger partial charge in [0.1, 0.15) is 6.33 Å². The molecule has 3 aromatic rings. The van der Waals surface area contributed by atoms with E-state index >= 15 is 0 Å². The summed E-state index contributed by atoms with van der Waals surface area (Å²) >= 11 is 6.05. The zero-order valence-corrected chi connectivity index (χ0v) is 18.0. The van der Waals surface area contributed by atoms with Gasteiger partial charge in [0.05, 0.1) is 5.25 Å². The number of amides is 1. The number of benzene rings is 2. The second kappa shape index (κ2) is 8.20. The van der Waals surface area contributed by atoms with Crippen LogP contribution >= 0.6 is 11.6 Å². The number of hydrogen-bond acceptors (Lipinski definition) is 5. The maximum atomic E-state index is 12.9. The van der Waals surface area contributed by atoms with Crippen LogP contribution in [0.1, 0.15) is 23.2 Å². The van der Waals surface area contributed by atoms with Gasteiger partial charge in [-0.1, -0.05) is 35.9 Å². The van der Waals surface area contributed by atoms with E-state index < -0.39 is 15.1 Å². The number of rotatable bonds is 4. The third-order valence-electron chi connectivity index (χ3n) is 5.38. The molecule has 1 amide bonds. The monoisotopic (exact) mass is 444 g/mol. The van der Waals surface area contributed by atoms with Crippen LogP contribution in [0.3, 0.4) is 0 Å². The molecular formula is C21H21ClN4O3S. The van der Waals surface area contributed by atoms with Crippen molar-refractivity contribution in [2.24, 2.45) is 7.05 Å². The van der Waals surface area contributed by atoms with Gasteiger partial charge in [0.25, 0.3) is 5.91 Å². The second-order valence-corrected chi connectivity index (χ2v) is 9.91. The number of likely N-dealkylation sites (tertiary alicyclic amines) is 1. The van der Waals surface area contributed by atoms with E-state index in [0.29, 0.717) is 36.5 Å². The molecule has 1 aliphatic heterocycles. The Hall–Kier alpha value is -2.71. The first-order valence-corrected chi connectivity index (χ1v) is 11.5. The number of nitrogens with zero attached hydrogens (tertiary/aromatic N) is 4. The van der Waals surface area contributed by atoms with Crippen LogP contribution in [-0.2, 0) is 16.9 Å². The fourth-order valence-electron chi connectivity index (χ4n) is 3.70. The first kappa shape index (κ1) is 20.6. The lowest BCUT2D eigenvalue weighted by molar-refractivity contribution is 0.0725. The minimum atomic E-state index is -3.56. The molecular weight excluding hydrogens is 424 g/mol. The molecule has 4 rings (SSSR count). The van der Waals surface area contributed by atoms with Gasteiger partial charge in [0.15, 0.2) is 0 Å². The van der Waals surface area contributed by atoms with Crippen molar-refractivity contribution in [3.05, 3.63) is 65.4 Å². The van der Waals surface area contributed by atoms with E-state index in [9.17, 15) is 13.2 Å². The topological polar surface area (TPSA) is 85.2 Å². The fraction of sp³-hybridized carbons (Fsp3) is 0.286. The molecule has 7 nitrogen and oxygen atoms in total. The Kier molecular flexibility index (Phi) is 5.62. The van der Waals surface area contributed by atoms with Crippen LogP contribution in [0.4, 0.5) is 0 Å². The van der Waals surface area contributed by atoms with Gasteiger partial charge in [-0.05, 0) is 48.2 Å². The van der Waals surface area contributed by atoms with Crippen molar-refractivity contribution in [1.82, 2.24) is 19.7 Å². The molecule has 9 heteroatoms. The van der Waals surface area contributed by atoms with Gasteiger partial charge in [-0.15, -0.1) is 10.2 Å². The van der Waals surface area contributed by atoms with E-state index in [-0.39, 0.29) is 11.1 Å². The van der Waals surface area contributed by atoms with Crippen LogP contribution in [0.25, 0.3) is 11.1 Å². The highest BCUT2D eigenvalue weighted by Gasteiger charge is 2.35. The van der Waals surface area contributed by atoms with Crippen molar-refractivity contribution in [1.29, 1.82) is 0 Å². The summed E-state index contributed by atoms with van der Waals surface area (Å²) in [6.07, 6.45) is 2.13. The third kappa shape index (κ3) is 3.97. The van der Waals surface area contributed by atoms with Crippen LogP contribution in [0.2, 0.25) is 5.02 Å². The highest BCUT2D eigenvalue weighted by molar-refractivity contribution is 7.91. The van der Waals surface area contributed by atoms with E-state index in [1.807, 2.05) is 36.4 Å². The molecule has 0 atom stereocenters. The first-order chi connectivity index (χ1) is 14.4. The molecule has 0 spiro atoms. The lowest BCUT2D eigenvalue weighted by Crippen LogP contribution is -2.42. The van der Waals surface area contributed by atoms with Crippen molar-refractivity contribution in [2.45, 2.75) is 23.2 Å². The molecule has 30 heavy (non-hydrogen) atoms. The van der Waals surface area contributed by atoms with E-state index in [0.717, 1.165) is 11.1 Å². The number of halogens is 1. The van der Waals surface area contributed by atoms with E-state index in [1.165, 1.54) is 10.9 Å². The Morgan fingerprint density at radius 3 is 2.37 bits per heavy atom. The molecule has 0 unspecified atom stereocenters. The number of piperidine rings is 1. The van der Waals surface area contributed by atoms with Crippen LogP contribution in [0.5, 0.6) is 0 Å². The largest absolute Gasteiger partial charge is 0.339 e. The molecule has 1 aliphatic rings. The Morgan fingerprint density at radius 1 is 1.07 bits per heavy atom. The van der Waals surface area contributed by atoms with Crippen LogP contribution in [0, 0.1) is 0 Å². The minimum absolute atomic E-state index is 0.0242. The van der Waals surface area contributed by atoms with Crippen molar-refractivity contribution < 1.29 is 13.2 Å². The standard InChI is InChI=1S/C21H21ClN4O3S/c1-25-14-23-24-21(25)30(28,29)19-9-11-26(12-10-19)20(27)16-7-5-15(6-8-16)17-3-2-4-18(22)13-17/h2-8,13-14,19H,9-12H2,1H3. The van der Waals surface area contributed by atoms with Crippen molar-refractivity contribution in [3.8, 4) is 11.1 Å². The van der Waals surface area contributed by atoms with Crippen LogP contribution < -0.4 is 0 Å². The second-order valence-electron chi connectivity index (χ2n) is 7.35. The van der Waals surface area contributed by atoms with E-state index in [1.54, 1.807) is 24.1 Å². The normalized spacial score (nSPS) is 15.3. The molecule has 156 valence electrons. The molecule has 0 aliphatic carbocycles. The number of sulfone groups is 1. The summed E-state index contributed by atoms with van der Waals surface area (Å²) in [6, 6.07) is 14.9. The Morgan fingerprint density at radius 2 is 1.77 bits per heavy atom. The lowest BCUT2D eigenvalue weighted by Gasteiger charge is -2.31. The number of carbonyl (C=O) groups is 1. The minimum Gasteiger partial charge on any atom is -0.339 e. The predicted octanol–water partition coefficient (Wildman–Crippen LogP) is 3.21. The average molecular weight is 445 g/mol. The fourth-order valence-corrected chi connectivity index (χ4v) is 5.63. The molecule has 1 aromatic heterocycles. The maximum absolute atomic E-state index is 12.9. The molecule has 0 saturated carbocycles. The summed E-state index contributed by atoms with van der Waals surface area (Å²) in [5.41, 5.74) is 2.54. The Bertz CT molecular complexity index is 1170. The van der Waals surface area contributed by atoms with Crippen molar-refractivity contribution in [3.63, 3.8) is 0 Å². The summed E-state index contributed by atoms with van der Waals surface area (Å²) in [4.78, 5) is 14.6. The van der Waals surface area contributed by atoms with Gasteiger partial charge < -0.3 is 9.47 Å². The van der Waals surface area contributed by atoms with Crippen molar-refractivity contribution in [2.75, 3.05) is 13.1 Å². The lowest BCUT2D eigenvalue weighted by atomic mass is 10.0. The smallest absolute Gasteiger partial charge is 0.253 e. The van der Waals surface area contributed by atoms with Gasteiger partial charge in [0, 0.05) is 30.7 Å². The highest BCUT2D eigenvalue weighted by Crippen LogP contribution is 2.26. The highest BCUT2D eigenvalue weighted by atomic mass is 35.5. The average Bonchev–Trinajstić information content (AvgIpc) is 3.20. The van der Waals surface area contributed by atoms with Crippen LogP contribution in [0.15, 0.2) is 60.0 Å². The summed E-state index contributed by atoms with van der Waals surface area (Å²) in [6.45, 7) is 0.771. The zero-order chi connectivity index (χ0) is 21.3. The summed E-state index contributed by atoms with van der Waals surface area (Å²) in [5.74, 6) is -0.0952. The van der Waals surface area contributed by atoms with E-state index in [2.05, 4.69) is 10.2 Å². The Balaban J connectivity index is 1.43. The van der Waals surface area contributed by atoms with E-state index in [4.69, 9.17) is 11.6 Å². The molecule has 0 bridgehead atoms. The van der Waals surface area contributed by atoms with Gasteiger partial charge in [-0.3, -0.25) is 4.79 Å². The predicted molar refractivity (Wildman–Crippen MR) is 114 cm³/mol. The van der Waals surface area contributed by atoms with Gasteiger partial charge in [-0.25, -0.2) is 8.42 Å². The van der Waals surface area contributed by atoms with Crippen molar-refractivity contribution >= 4 is 27.3 Å². The molecule has 2 heterocycles.